The summed E-state index contributed by atoms with van der Waals surface area (Å²) in [6, 6.07) is 5.76. The molecule has 1 aromatic rings. The van der Waals surface area contributed by atoms with Crippen LogP contribution in [0.1, 0.15) is 25.0 Å². The van der Waals surface area contributed by atoms with Crippen LogP contribution in [0.4, 0.5) is 5.69 Å². The van der Waals surface area contributed by atoms with Gasteiger partial charge in [0.2, 0.25) is 5.91 Å². The van der Waals surface area contributed by atoms with Crippen LogP contribution in [-0.2, 0) is 14.3 Å². The van der Waals surface area contributed by atoms with Crippen molar-refractivity contribution in [3.8, 4) is 0 Å². The number of amides is 1. The minimum Gasteiger partial charge on any atom is -0.468 e. The van der Waals surface area contributed by atoms with Gasteiger partial charge < -0.3 is 9.64 Å². The Morgan fingerprint density at radius 3 is 2.21 bits per heavy atom. The predicted octanol–water partition coefficient (Wildman–Crippen LogP) is 2.47. The zero-order valence-electron chi connectivity index (χ0n) is 12.4. The van der Waals surface area contributed by atoms with Gasteiger partial charge in [-0.05, 0) is 51.0 Å². The fourth-order valence-electron chi connectivity index (χ4n) is 1.81. The van der Waals surface area contributed by atoms with Gasteiger partial charge in [-0.15, -0.1) is 0 Å². The summed E-state index contributed by atoms with van der Waals surface area (Å²) < 4.78 is 4.68. The lowest BCUT2D eigenvalue weighted by atomic mass is 9.91. The quantitative estimate of drug-likeness (QED) is 0.621. The van der Waals surface area contributed by atoms with Gasteiger partial charge in [0.05, 0.1) is 7.11 Å². The molecular formula is C15H21NO3. The second-order valence-electron chi connectivity index (χ2n) is 5.25. The second kappa shape index (κ2) is 5.43. The molecule has 0 spiro atoms. The molecule has 0 fully saturated rings. The summed E-state index contributed by atoms with van der Waals surface area (Å²) in [6.07, 6.45) is 0. The van der Waals surface area contributed by atoms with Gasteiger partial charge in [-0.2, -0.15) is 0 Å². The molecule has 0 aromatic heterocycles. The number of methoxy groups -OCH3 is 1. The van der Waals surface area contributed by atoms with Gasteiger partial charge in [-0.3, -0.25) is 9.59 Å². The van der Waals surface area contributed by atoms with E-state index in [0.717, 1.165) is 16.8 Å². The SMILES string of the molecule is COC(=O)C(C)(C)C(=O)N(C)c1ccc(C)c(C)c1. The smallest absolute Gasteiger partial charge is 0.320 e. The van der Waals surface area contributed by atoms with Crippen molar-refractivity contribution in [3.63, 3.8) is 0 Å². The van der Waals surface area contributed by atoms with Crippen LogP contribution < -0.4 is 4.90 Å². The minimum absolute atomic E-state index is 0.289. The third-order valence-corrected chi connectivity index (χ3v) is 3.41. The average Bonchev–Trinajstić information content (AvgIpc) is 2.38. The first kappa shape index (κ1) is 15.2. The topological polar surface area (TPSA) is 46.6 Å². The molecule has 0 atom stereocenters. The average molecular weight is 263 g/mol. The molecule has 4 nitrogen and oxygen atoms in total. The van der Waals surface area contributed by atoms with Gasteiger partial charge in [0.15, 0.2) is 0 Å². The molecule has 0 saturated carbocycles. The molecule has 1 aromatic carbocycles. The number of anilines is 1. The Labute approximate surface area is 114 Å². The van der Waals surface area contributed by atoms with Gasteiger partial charge >= 0.3 is 5.97 Å². The first-order chi connectivity index (χ1) is 8.71. The maximum atomic E-state index is 12.4. The van der Waals surface area contributed by atoms with E-state index in [9.17, 15) is 9.59 Å². The molecule has 0 radical (unpaired) electrons. The van der Waals surface area contributed by atoms with Gasteiger partial charge in [0.25, 0.3) is 0 Å². The van der Waals surface area contributed by atoms with Gasteiger partial charge in [-0.1, -0.05) is 6.07 Å². The first-order valence-electron chi connectivity index (χ1n) is 6.15. The standard InChI is InChI=1S/C15H21NO3/c1-10-7-8-12(9-11(10)2)16(5)13(17)15(3,4)14(18)19-6/h7-9H,1-6H3. The Morgan fingerprint density at radius 2 is 1.74 bits per heavy atom. The van der Waals surface area contributed by atoms with Crippen LogP contribution in [0.25, 0.3) is 0 Å². The van der Waals surface area contributed by atoms with E-state index in [-0.39, 0.29) is 5.91 Å². The molecule has 0 aliphatic rings. The monoisotopic (exact) mass is 263 g/mol. The van der Waals surface area contributed by atoms with Crippen molar-refractivity contribution >= 4 is 17.6 Å². The number of benzene rings is 1. The highest BCUT2D eigenvalue weighted by molar-refractivity contribution is 6.09. The van der Waals surface area contributed by atoms with Crippen molar-refractivity contribution in [2.75, 3.05) is 19.1 Å². The summed E-state index contributed by atoms with van der Waals surface area (Å²) in [4.78, 5) is 25.5. The van der Waals surface area contributed by atoms with E-state index in [1.807, 2.05) is 32.0 Å². The Balaban J connectivity index is 3.05. The third-order valence-electron chi connectivity index (χ3n) is 3.41. The van der Waals surface area contributed by atoms with Crippen LogP contribution in [0.2, 0.25) is 0 Å². The third kappa shape index (κ3) is 2.95. The van der Waals surface area contributed by atoms with E-state index in [2.05, 4.69) is 4.74 Å². The van der Waals surface area contributed by atoms with Crippen LogP contribution in [0.5, 0.6) is 0 Å². The zero-order valence-corrected chi connectivity index (χ0v) is 12.4. The van der Waals surface area contributed by atoms with Crippen molar-refractivity contribution in [1.29, 1.82) is 0 Å². The highest BCUT2D eigenvalue weighted by atomic mass is 16.5. The molecule has 0 N–H and O–H groups in total. The Bertz CT molecular complexity index is 506. The van der Waals surface area contributed by atoms with E-state index in [1.54, 1.807) is 20.9 Å². The summed E-state index contributed by atoms with van der Waals surface area (Å²) in [5.41, 5.74) is 1.84. The molecule has 0 aliphatic heterocycles. The molecule has 1 rings (SSSR count). The number of aryl methyl sites for hydroxylation is 2. The van der Waals surface area contributed by atoms with Gasteiger partial charge in [0.1, 0.15) is 5.41 Å². The summed E-state index contributed by atoms with van der Waals surface area (Å²) >= 11 is 0. The number of carbonyl (C=O) groups excluding carboxylic acids is 2. The van der Waals surface area contributed by atoms with Crippen LogP contribution >= 0.6 is 0 Å². The second-order valence-corrected chi connectivity index (χ2v) is 5.25. The lowest BCUT2D eigenvalue weighted by molar-refractivity contribution is -0.155. The summed E-state index contributed by atoms with van der Waals surface area (Å²) in [6.45, 7) is 7.14. The number of esters is 1. The molecule has 0 saturated heterocycles. The molecule has 19 heavy (non-hydrogen) atoms. The molecule has 104 valence electrons. The maximum Gasteiger partial charge on any atom is 0.320 e. The number of rotatable bonds is 3. The van der Waals surface area contributed by atoms with E-state index in [0.29, 0.717) is 0 Å². The normalized spacial score (nSPS) is 11.1. The molecule has 0 heterocycles. The Morgan fingerprint density at radius 1 is 1.16 bits per heavy atom. The highest BCUT2D eigenvalue weighted by Gasteiger charge is 2.39. The number of hydrogen-bond donors (Lipinski definition) is 0. The summed E-state index contributed by atoms with van der Waals surface area (Å²) in [7, 11) is 2.95. The fraction of sp³-hybridized carbons (Fsp3) is 0.467. The van der Waals surface area contributed by atoms with Crippen molar-refractivity contribution < 1.29 is 14.3 Å². The molecule has 0 unspecified atom stereocenters. The number of nitrogens with zero attached hydrogens (tertiary/aromatic N) is 1. The molecule has 1 amide bonds. The summed E-state index contributed by atoms with van der Waals surface area (Å²) in [5.74, 6) is -0.823. The van der Waals surface area contributed by atoms with Gasteiger partial charge in [0, 0.05) is 12.7 Å². The maximum absolute atomic E-state index is 12.4. The van der Waals surface area contributed by atoms with E-state index < -0.39 is 11.4 Å². The largest absolute Gasteiger partial charge is 0.468 e. The Kier molecular flexibility index (Phi) is 4.35. The van der Waals surface area contributed by atoms with Gasteiger partial charge in [-0.25, -0.2) is 0 Å². The van der Waals surface area contributed by atoms with E-state index in [1.165, 1.54) is 12.0 Å². The lowest BCUT2D eigenvalue weighted by Crippen LogP contribution is -2.44. The molecule has 4 heteroatoms. The van der Waals surface area contributed by atoms with Crippen molar-refractivity contribution in [2.45, 2.75) is 27.7 Å². The molecule has 0 bridgehead atoms. The zero-order chi connectivity index (χ0) is 14.8. The lowest BCUT2D eigenvalue weighted by Gasteiger charge is -2.27. The minimum atomic E-state index is -1.19. The van der Waals surface area contributed by atoms with Crippen LogP contribution in [0, 0.1) is 19.3 Å². The molecule has 0 aliphatic carbocycles. The van der Waals surface area contributed by atoms with Crippen LogP contribution in [0.3, 0.4) is 0 Å². The summed E-state index contributed by atoms with van der Waals surface area (Å²) in [5, 5.41) is 0. The number of carbonyl (C=O) groups is 2. The predicted molar refractivity (Wildman–Crippen MR) is 75.1 cm³/mol. The van der Waals surface area contributed by atoms with Crippen LogP contribution in [0.15, 0.2) is 18.2 Å². The number of hydrogen-bond acceptors (Lipinski definition) is 3. The molecular weight excluding hydrogens is 242 g/mol. The van der Waals surface area contributed by atoms with Crippen molar-refractivity contribution in [2.24, 2.45) is 5.41 Å². The number of ether oxygens (including phenoxy) is 1. The van der Waals surface area contributed by atoms with E-state index >= 15 is 0 Å². The highest BCUT2D eigenvalue weighted by Crippen LogP contribution is 2.25. The van der Waals surface area contributed by atoms with Crippen molar-refractivity contribution in [1.82, 2.24) is 0 Å². The first-order valence-corrected chi connectivity index (χ1v) is 6.15. The Hall–Kier alpha value is -1.84. The fourth-order valence-corrected chi connectivity index (χ4v) is 1.81. The van der Waals surface area contributed by atoms with Crippen molar-refractivity contribution in [3.05, 3.63) is 29.3 Å². The van der Waals surface area contributed by atoms with E-state index in [4.69, 9.17) is 0 Å². The van der Waals surface area contributed by atoms with Crippen LogP contribution in [-0.4, -0.2) is 26.0 Å².